The smallest absolute Gasteiger partial charge is 0.271 e. The van der Waals surface area contributed by atoms with E-state index in [2.05, 4.69) is 32.6 Å². The first kappa shape index (κ1) is 20.8. The summed E-state index contributed by atoms with van der Waals surface area (Å²) in [4.78, 5) is 31.4. The number of carbonyl (C=O) groups excluding carboxylic acids is 2. The van der Waals surface area contributed by atoms with E-state index in [0.717, 1.165) is 31.2 Å². The van der Waals surface area contributed by atoms with E-state index in [0.29, 0.717) is 31.0 Å². The molecule has 1 atom stereocenters. The molecule has 1 aliphatic heterocycles. The molecule has 3 aromatic rings. The van der Waals surface area contributed by atoms with Crippen LogP contribution in [0.2, 0.25) is 0 Å². The molecule has 0 spiro atoms. The number of rotatable bonds is 7. The predicted octanol–water partition coefficient (Wildman–Crippen LogP) is 3.07. The second-order valence-corrected chi connectivity index (χ2v) is 7.88. The molecule has 0 aliphatic carbocycles. The maximum Gasteiger partial charge on any atom is 0.271 e. The number of benzene rings is 1. The quantitative estimate of drug-likeness (QED) is 0.578. The topological polar surface area (TPSA) is 91.0 Å². The molecule has 1 aromatic carbocycles. The number of likely N-dealkylation sites (tertiary alicyclic amines) is 1. The first-order valence-electron chi connectivity index (χ1n) is 10.8. The van der Waals surface area contributed by atoms with Crippen LogP contribution in [0.4, 0.5) is 0 Å². The van der Waals surface area contributed by atoms with Crippen LogP contribution in [0.3, 0.4) is 0 Å². The molecule has 0 saturated carbocycles. The maximum atomic E-state index is 12.9. The molecule has 7 heteroatoms. The largest absolute Gasteiger partial charge is 0.356 e. The van der Waals surface area contributed by atoms with Gasteiger partial charge < -0.3 is 10.2 Å². The van der Waals surface area contributed by atoms with Gasteiger partial charge in [0, 0.05) is 37.6 Å². The first-order valence-corrected chi connectivity index (χ1v) is 10.8. The van der Waals surface area contributed by atoms with E-state index in [4.69, 9.17) is 0 Å². The van der Waals surface area contributed by atoms with Gasteiger partial charge in [-0.25, -0.2) is 0 Å². The Kier molecular flexibility index (Phi) is 6.72. The van der Waals surface area contributed by atoms with Gasteiger partial charge in [0.25, 0.3) is 5.91 Å². The van der Waals surface area contributed by atoms with Gasteiger partial charge in [0.1, 0.15) is 5.69 Å². The zero-order valence-electron chi connectivity index (χ0n) is 17.5. The van der Waals surface area contributed by atoms with Crippen molar-refractivity contribution in [2.45, 2.75) is 25.7 Å². The Balaban J connectivity index is 1.28. The molecule has 1 fully saturated rings. The molecule has 2 amide bonds. The lowest BCUT2D eigenvalue weighted by Gasteiger charge is -2.31. The maximum absolute atomic E-state index is 12.9. The Bertz CT molecular complexity index is 1000. The Morgan fingerprint density at radius 2 is 2.03 bits per heavy atom. The van der Waals surface area contributed by atoms with E-state index in [1.165, 1.54) is 5.56 Å². The minimum Gasteiger partial charge on any atom is -0.356 e. The molecular weight excluding hydrogens is 390 g/mol. The third-order valence-electron chi connectivity index (χ3n) is 5.63. The standard InChI is InChI=1S/C24H27N5O2/c30-23(26-13-4-9-18-7-2-1-3-8-18)20-11-6-14-29(17-20)24(31)22-15-21(27-28-22)19-10-5-12-25-16-19/h1-3,5,7-8,10,12,15-16,20H,4,6,9,11,13-14,17H2,(H,26,30)(H,27,28)/t20-/m0/s1. The van der Waals surface area contributed by atoms with Crippen LogP contribution in [0.15, 0.2) is 60.9 Å². The molecule has 0 radical (unpaired) electrons. The monoisotopic (exact) mass is 417 g/mol. The van der Waals surface area contributed by atoms with Crippen LogP contribution in [0, 0.1) is 5.92 Å². The van der Waals surface area contributed by atoms with Crippen molar-refractivity contribution in [1.29, 1.82) is 0 Å². The van der Waals surface area contributed by atoms with E-state index in [1.807, 2.05) is 30.3 Å². The van der Waals surface area contributed by atoms with Crippen LogP contribution in [-0.4, -0.2) is 51.5 Å². The predicted molar refractivity (Wildman–Crippen MR) is 118 cm³/mol. The summed E-state index contributed by atoms with van der Waals surface area (Å²) in [5, 5.41) is 10.1. The number of H-pyrrole nitrogens is 1. The number of aromatic nitrogens is 3. The third-order valence-corrected chi connectivity index (χ3v) is 5.63. The molecule has 2 N–H and O–H groups in total. The summed E-state index contributed by atoms with van der Waals surface area (Å²) in [5.41, 5.74) is 3.24. The number of amides is 2. The van der Waals surface area contributed by atoms with Gasteiger partial charge in [0.05, 0.1) is 11.6 Å². The molecule has 160 valence electrons. The second kappa shape index (κ2) is 10.0. The van der Waals surface area contributed by atoms with E-state index in [1.54, 1.807) is 23.4 Å². The van der Waals surface area contributed by atoms with Gasteiger partial charge in [-0.3, -0.25) is 19.7 Å². The summed E-state index contributed by atoms with van der Waals surface area (Å²) in [5.74, 6) is -0.259. The lowest BCUT2D eigenvalue weighted by atomic mass is 9.96. The highest BCUT2D eigenvalue weighted by atomic mass is 16.2. The number of nitrogens with one attached hydrogen (secondary N) is 2. The number of hydrogen-bond donors (Lipinski definition) is 2. The number of aryl methyl sites for hydroxylation is 1. The van der Waals surface area contributed by atoms with Gasteiger partial charge >= 0.3 is 0 Å². The van der Waals surface area contributed by atoms with Crippen molar-refractivity contribution < 1.29 is 9.59 Å². The summed E-state index contributed by atoms with van der Waals surface area (Å²) in [7, 11) is 0. The van der Waals surface area contributed by atoms with Crippen LogP contribution in [0.1, 0.15) is 35.3 Å². The average Bonchev–Trinajstić information content (AvgIpc) is 3.33. The molecule has 1 saturated heterocycles. The van der Waals surface area contributed by atoms with E-state index in [9.17, 15) is 9.59 Å². The second-order valence-electron chi connectivity index (χ2n) is 7.88. The normalized spacial score (nSPS) is 16.1. The van der Waals surface area contributed by atoms with Crippen LogP contribution < -0.4 is 5.32 Å². The van der Waals surface area contributed by atoms with E-state index < -0.39 is 0 Å². The highest BCUT2D eigenvalue weighted by molar-refractivity contribution is 5.94. The van der Waals surface area contributed by atoms with Gasteiger partial charge in [-0.1, -0.05) is 30.3 Å². The van der Waals surface area contributed by atoms with E-state index in [-0.39, 0.29) is 17.7 Å². The number of nitrogens with zero attached hydrogens (tertiary/aromatic N) is 3. The fraction of sp³-hybridized carbons (Fsp3) is 0.333. The minimum atomic E-state index is -0.171. The first-order chi connectivity index (χ1) is 15.2. The zero-order chi connectivity index (χ0) is 21.5. The third kappa shape index (κ3) is 5.36. The molecule has 4 rings (SSSR count). The molecule has 31 heavy (non-hydrogen) atoms. The molecule has 7 nitrogen and oxygen atoms in total. The van der Waals surface area contributed by atoms with Crippen LogP contribution in [0.5, 0.6) is 0 Å². The van der Waals surface area contributed by atoms with Gasteiger partial charge in [-0.05, 0) is 49.4 Å². The van der Waals surface area contributed by atoms with Crippen molar-refractivity contribution in [3.05, 3.63) is 72.2 Å². The minimum absolute atomic E-state index is 0.0335. The molecule has 0 bridgehead atoms. The fourth-order valence-electron chi connectivity index (χ4n) is 3.93. The van der Waals surface area contributed by atoms with E-state index >= 15 is 0 Å². The van der Waals surface area contributed by atoms with Gasteiger partial charge in [0.2, 0.25) is 5.91 Å². The Morgan fingerprint density at radius 3 is 2.84 bits per heavy atom. The van der Waals surface area contributed by atoms with Crippen molar-refractivity contribution in [3.63, 3.8) is 0 Å². The van der Waals surface area contributed by atoms with Crippen molar-refractivity contribution in [2.24, 2.45) is 5.92 Å². The van der Waals surface area contributed by atoms with Gasteiger partial charge in [0.15, 0.2) is 0 Å². The molecule has 2 aromatic heterocycles. The number of carbonyl (C=O) groups is 2. The Hall–Kier alpha value is -3.48. The molecule has 1 aliphatic rings. The number of pyridine rings is 1. The average molecular weight is 418 g/mol. The van der Waals surface area contributed by atoms with Crippen molar-refractivity contribution >= 4 is 11.8 Å². The van der Waals surface area contributed by atoms with Crippen molar-refractivity contribution in [2.75, 3.05) is 19.6 Å². The number of piperidine rings is 1. The lowest BCUT2D eigenvalue weighted by Crippen LogP contribution is -2.45. The Morgan fingerprint density at radius 1 is 1.16 bits per heavy atom. The zero-order valence-corrected chi connectivity index (χ0v) is 17.5. The van der Waals surface area contributed by atoms with Crippen LogP contribution in [-0.2, 0) is 11.2 Å². The Labute approximate surface area is 181 Å². The summed E-state index contributed by atoms with van der Waals surface area (Å²) >= 11 is 0. The number of hydrogen-bond acceptors (Lipinski definition) is 4. The van der Waals surface area contributed by atoms with Gasteiger partial charge in [-0.2, -0.15) is 5.10 Å². The SMILES string of the molecule is O=C(NCCCc1ccccc1)[C@H]1CCCN(C(=O)c2cc(-c3cccnc3)n[nH]2)C1. The fourth-order valence-corrected chi connectivity index (χ4v) is 3.93. The van der Waals surface area contributed by atoms with Crippen LogP contribution in [0.25, 0.3) is 11.3 Å². The summed E-state index contributed by atoms with van der Waals surface area (Å²) in [6, 6.07) is 15.7. The highest BCUT2D eigenvalue weighted by Gasteiger charge is 2.29. The lowest BCUT2D eigenvalue weighted by molar-refractivity contribution is -0.126. The summed E-state index contributed by atoms with van der Waals surface area (Å²) in [6.07, 6.45) is 6.87. The van der Waals surface area contributed by atoms with Gasteiger partial charge in [-0.15, -0.1) is 0 Å². The molecular formula is C24H27N5O2. The van der Waals surface area contributed by atoms with Crippen molar-refractivity contribution in [1.82, 2.24) is 25.4 Å². The molecule has 0 unspecified atom stereocenters. The summed E-state index contributed by atoms with van der Waals surface area (Å²) in [6.45, 7) is 1.73. The summed E-state index contributed by atoms with van der Waals surface area (Å²) < 4.78 is 0. The van der Waals surface area contributed by atoms with Crippen molar-refractivity contribution in [3.8, 4) is 11.3 Å². The number of aromatic amines is 1. The van der Waals surface area contributed by atoms with Crippen LogP contribution >= 0.6 is 0 Å². The molecule has 3 heterocycles. The highest BCUT2D eigenvalue weighted by Crippen LogP contribution is 2.21.